The lowest BCUT2D eigenvalue weighted by molar-refractivity contribution is 0.102. The molecule has 0 atom stereocenters. The number of carbonyl (C=O) groups is 1. The summed E-state index contributed by atoms with van der Waals surface area (Å²) < 4.78 is 0. The second-order valence-corrected chi connectivity index (χ2v) is 7.43. The highest BCUT2D eigenvalue weighted by atomic mass is 16.1. The average molecular weight is 339 g/mol. The minimum Gasteiger partial charge on any atom is -0.373 e. The lowest BCUT2D eigenvalue weighted by Gasteiger charge is -2.23. The summed E-state index contributed by atoms with van der Waals surface area (Å²) in [6.45, 7) is 9.57. The fourth-order valence-corrected chi connectivity index (χ4v) is 2.70. The molecule has 1 aromatic heterocycles. The number of hydrogen-bond donors (Lipinski definition) is 1. The zero-order valence-electron chi connectivity index (χ0n) is 16.0. The van der Waals surface area contributed by atoms with Crippen LogP contribution in [0.1, 0.15) is 56.6 Å². The van der Waals surface area contributed by atoms with Crippen LogP contribution in [0.4, 0.5) is 11.4 Å². The first-order valence-electron chi connectivity index (χ1n) is 8.91. The van der Waals surface area contributed by atoms with Crippen LogP contribution in [0.15, 0.2) is 42.6 Å². The number of anilines is 2. The van der Waals surface area contributed by atoms with Crippen molar-refractivity contribution in [3.8, 4) is 0 Å². The molecule has 0 unspecified atom stereocenters. The SMILES string of the molecule is CCCCN(C)c1ccc(C(=O)Nc2ccccc2C(C)(C)C)nc1. The molecule has 1 amide bonds. The van der Waals surface area contributed by atoms with Gasteiger partial charge in [-0.3, -0.25) is 4.79 Å². The maximum atomic E-state index is 12.6. The van der Waals surface area contributed by atoms with Gasteiger partial charge in [0.05, 0.1) is 11.9 Å². The molecule has 1 aromatic carbocycles. The predicted molar refractivity (Wildman–Crippen MR) is 106 cm³/mol. The van der Waals surface area contributed by atoms with Gasteiger partial charge in [0.25, 0.3) is 5.91 Å². The first-order chi connectivity index (χ1) is 11.8. The highest BCUT2D eigenvalue weighted by Gasteiger charge is 2.19. The molecule has 0 aliphatic heterocycles. The number of unbranched alkanes of at least 4 members (excludes halogenated alkanes) is 1. The number of pyridine rings is 1. The smallest absolute Gasteiger partial charge is 0.274 e. The summed E-state index contributed by atoms with van der Waals surface area (Å²) in [5, 5.41) is 3.00. The number of rotatable bonds is 6. The van der Waals surface area contributed by atoms with Crippen LogP contribution in [0.3, 0.4) is 0 Å². The van der Waals surface area contributed by atoms with Crippen molar-refractivity contribution in [1.82, 2.24) is 4.98 Å². The highest BCUT2D eigenvalue weighted by Crippen LogP contribution is 2.29. The quantitative estimate of drug-likeness (QED) is 0.817. The van der Waals surface area contributed by atoms with Gasteiger partial charge in [0, 0.05) is 19.3 Å². The van der Waals surface area contributed by atoms with E-state index in [-0.39, 0.29) is 11.3 Å². The van der Waals surface area contributed by atoms with Crippen molar-refractivity contribution in [2.45, 2.75) is 46.0 Å². The van der Waals surface area contributed by atoms with E-state index in [1.807, 2.05) is 31.3 Å². The summed E-state index contributed by atoms with van der Waals surface area (Å²) >= 11 is 0. The van der Waals surface area contributed by atoms with Crippen molar-refractivity contribution >= 4 is 17.3 Å². The molecule has 25 heavy (non-hydrogen) atoms. The molecule has 2 aromatic rings. The van der Waals surface area contributed by atoms with Crippen molar-refractivity contribution in [1.29, 1.82) is 0 Å². The van der Waals surface area contributed by atoms with Crippen LogP contribution in [-0.4, -0.2) is 24.5 Å². The Balaban J connectivity index is 2.12. The van der Waals surface area contributed by atoms with Gasteiger partial charge in [-0.05, 0) is 35.6 Å². The van der Waals surface area contributed by atoms with Gasteiger partial charge in [0.1, 0.15) is 5.69 Å². The standard InChI is InChI=1S/C21H29N3O/c1-6-7-14-24(5)16-12-13-19(22-15-16)20(25)23-18-11-9-8-10-17(18)21(2,3)4/h8-13,15H,6-7,14H2,1-5H3,(H,23,25). The number of para-hydroxylation sites is 1. The Morgan fingerprint density at radius 2 is 1.88 bits per heavy atom. The van der Waals surface area contributed by atoms with E-state index in [2.05, 4.69) is 49.0 Å². The van der Waals surface area contributed by atoms with E-state index in [0.717, 1.165) is 36.3 Å². The van der Waals surface area contributed by atoms with E-state index < -0.39 is 0 Å². The minimum absolute atomic E-state index is 0.0385. The molecule has 0 saturated carbocycles. The van der Waals surface area contributed by atoms with Gasteiger partial charge < -0.3 is 10.2 Å². The topological polar surface area (TPSA) is 45.2 Å². The average Bonchev–Trinajstić information content (AvgIpc) is 2.59. The lowest BCUT2D eigenvalue weighted by Crippen LogP contribution is -2.21. The van der Waals surface area contributed by atoms with Gasteiger partial charge in [0.2, 0.25) is 0 Å². The summed E-state index contributed by atoms with van der Waals surface area (Å²) in [4.78, 5) is 19.1. The Kier molecular flexibility index (Phi) is 6.18. The molecular weight excluding hydrogens is 310 g/mol. The third-order valence-corrected chi connectivity index (χ3v) is 4.25. The first kappa shape index (κ1) is 19.0. The number of hydrogen-bond acceptors (Lipinski definition) is 3. The number of aromatic nitrogens is 1. The molecule has 0 radical (unpaired) electrons. The Hall–Kier alpha value is -2.36. The molecule has 2 rings (SSSR count). The molecule has 4 nitrogen and oxygen atoms in total. The summed E-state index contributed by atoms with van der Waals surface area (Å²) in [5.74, 6) is -0.181. The van der Waals surface area contributed by atoms with Gasteiger partial charge in [0.15, 0.2) is 0 Å². The zero-order valence-corrected chi connectivity index (χ0v) is 16.0. The van der Waals surface area contributed by atoms with Crippen LogP contribution in [-0.2, 0) is 5.41 Å². The molecule has 0 bridgehead atoms. The van der Waals surface area contributed by atoms with Crippen LogP contribution < -0.4 is 10.2 Å². The third-order valence-electron chi connectivity index (χ3n) is 4.25. The monoisotopic (exact) mass is 339 g/mol. The van der Waals surface area contributed by atoms with Crippen molar-refractivity contribution in [2.75, 3.05) is 23.8 Å². The summed E-state index contributed by atoms with van der Waals surface area (Å²) in [5.41, 5.74) is 3.37. The van der Waals surface area contributed by atoms with Crippen molar-refractivity contribution in [3.05, 3.63) is 53.9 Å². The van der Waals surface area contributed by atoms with Gasteiger partial charge in [-0.15, -0.1) is 0 Å². The van der Waals surface area contributed by atoms with Crippen LogP contribution >= 0.6 is 0 Å². The number of amides is 1. The lowest BCUT2D eigenvalue weighted by atomic mass is 9.86. The summed E-state index contributed by atoms with van der Waals surface area (Å²) in [6, 6.07) is 11.7. The molecule has 0 aliphatic carbocycles. The molecule has 0 spiro atoms. The third kappa shape index (κ3) is 5.05. The van der Waals surface area contributed by atoms with Crippen molar-refractivity contribution in [3.63, 3.8) is 0 Å². The van der Waals surface area contributed by atoms with E-state index in [4.69, 9.17) is 0 Å². The van der Waals surface area contributed by atoms with Crippen LogP contribution in [0.5, 0.6) is 0 Å². The largest absolute Gasteiger partial charge is 0.373 e. The maximum absolute atomic E-state index is 12.6. The number of carbonyl (C=O) groups excluding carboxylic acids is 1. The van der Waals surface area contributed by atoms with Crippen LogP contribution in [0, 0.1) is 0 Å². The van der Waals surface area contributed by atoms with Crippen molar-refractivity contribution < 1.29 is 4.79 Å². The Morgan fingerprint density at radius 3 is 2.48 bits per heavy atom. The molecule has 0 fully saturated rings. The Labute approximate surface area is 151 Å². The molecule has 1 N–H and O–H groups in total. The van der Waals surface area contributed by atoms with Crippen LogP contribution in [0.2, 0.25) is 0 Å². The van der Waals surface area contributed by atoms with E-state index in [1.165, 1.54) is 0 Å². The summed E-state index contributed by atoms with van der Waals surface area (Å²) in [7, 11) is 2.05. The van der Waals surface area contributed by atoms with E-state index in [0.29, 0.717) is 5.69 Å². The maximum Gasteiger partial charge on any atom is 0.274 e. The molecule has 4 heteroatoms. The normalized spacial score (nSPS) is 11.2. The minimum atomic E-state index is -0.181. The first-order valence-corrected chi connectivity index (χ1v) is 8.91. The highest BCUT2D eigenvalue weighted by molar-refractivity contribution is 6.03. The zero-order chi connectivity index (χ0) is 18.4. The molecule has 0 saturated heterocycles. The summed E-state index contributed by atoms with van der Waals surface area (Å²) in [6.07, 6.45) is 4.06. The number of nitrogens with zero attached hydrogens (tertiary/aromatic N) is 2. The number of nitrogens with one attached hydrogen (secondary N) is 1. The molecular formula is C21H29N3O. The number of benzene rings is 1. The van der Waals surface area contributed by atoms with Crippen molar-refractivity contribution in [2.24, 2.45) is 0 Å². The van der Waals surface area contributed by atoms with Gasteiger partial charge in [-0.25, -0.2) is 4.98 Å². The molecule has 1 heterocycles. The van der Waals surface area contributed by atoms with E-state index in [9.17, 15) is 4.79 Å². The Bertz CT molecular complexity index is 702. The predicted octanol–water partition coefficient (Wildman–Crippen LogP) is 4.87. The van der Waals surface area contributed by atoms with Gasteiger partial charge >= 0.3 is 0 Å². The molecule has 0 aliphatic rings. The fourth-order valence-electron chi connectivity index (χ4n) is 2.70. The second kappa shape index (κ2) is 8.15. The van der Waals surface area contributed by atoms with Gasteiger partial charge in [-0.1, -0.05) is 52.3 Å². The van der Waals surface area contributed by atoms with Crippen LogP contribution in [0.25, 0.3) is 0 Å². The van der Waals surface area contributed by atoms with Gasteiger partial charge in [-0.2, -0.15) is 0 Å². The van der Waals surface area contributed by atoms with E-state index >= 15 is 0 Å². The second-order valence-electron chi connectivity index (χ2n) is 7.43. The Morgan fingerprint density at radius 1 is 1.16 bits per heavy atom. The van der Waals surface area contributed by atoms with E-state index in [1.54, 1.807) is 12.3 Å². The fraction of sp³-hybridized carbons (Fsp3) is 0.429. The molecule has 134 valence electrons.